The predicted molar refractivity (Wildman–Crippen MR) is 226 cm³/mol. The van der Waals surface area contributed by atoms with E-state index in [4.69, 9.17) is 15.4 Å². The molecule has 6 nitrogen and oxygen atoms in total. The van der Waals surface area contributed by atoms with Crippen LogP contribution in [0.5, 0.6) is 0 Å². The Labute approximate surface area is 318 Å². The van der Waals surface area contributed by atoms with Gasteiger partial charge in [-0.3, -0.25) is 0 Å². The summed E-state index contributed by atoms with van der Waals surface area (Å²) in [5, 5.41) is 18.4. The first-order valence-corrected chi connectivity index (χ1v) is 18.4. The second-order valence-corrected chi connectivity index (χ2v) is 14.3. The van der Waals surface area contributed by atoms with Gasteiger partial charge in [0.05, 0.1) is 40.3 Å². The Bertz CT molecular complexity index is 3460. The Morgan fingerprint density at radius 1 is 0.429 bits per heavy atom. The van der Waals surface area contributed by atoms with Crippen LogP contribution >= 0.6 is 0 Å². The third kappa shape index (κ3) is 4.24. The van der Waals surface area contributed by atoms with E-state index in [1.807, 2.05) is 72.8 Å². The Morgan fingerprint density at radius 3 is 1.38 bits per heavy atom. The summed E-state index contributed by atoms with van der Waals surface area (Å²) >= 11 is 0. The highest BCUT2D eigenvalue weighted by molar-refractivity contribution is 6.20. The van der Waals surface area contributed by atoms with Crippen molar-refractivity contribution in [3.05, 3.63) is 175 Å². The lowest BCUT2D eigenvalue weighted by Gasteiger charge is -2.09. The molecule has 0 saturated heterocycles. The molecule has 0 aliphatic carbocycles. The van der Waals surface area contributed by atoms with Crippen LogP contribution in [0.15, 0.2) is 167 Å². The predicted octanol–water partition coefficient (Wildman–Crippen LogP) is 13.8. The summed E-state index contributed by atoms with van der Waals surface area (Å²) in [6, 6.07) is 56.4. The van der Waals surface area contributed by atoms with Crippen LogP contribution in [0.3, 0.4) is 0 Å². The molecule has 12 rings (SSSR count). The molecule has 6 heteroatoms. The molecule has 0 fully saturated rings. The number of hydrogen-bond donors (Lipinski definition) is 0. The van der Waals surface area contributed by atoms with Crippen molar-refractivity contribution in [1.29, 1.82) is 5.26 Å². The van der Waals surface area contributed by atoms with Gasteiger partial charge in [0.2, 0.25) is 0 Å². The third-order valence-electron chi connectivity index (χ3n) is 11.4. The van der Waals surface area contributed by atoms with E-state index in [9.17, 15) is 5.26 Å². The van der Waals surface area contributed by atoms with E-state index in [2.05, 4.69) is 105 Å². The fourth-order valence-corrected chi connectivity index (χ4v) is 8.75. The monoisotopic (exact) mass is 714 g/mol. The smallest absolute Gasteiger partial charge is 0.187 e. The first kappa shape index (κ1) is 30.4. The fourth-order valence-electron chi connectivity index (χ4n) is 8.75. The Balaban J connectivity index is 1.12. The van der Waals surface area contributed by atoms with Crippen molar-refractivity contribution >= 4 is 93.2 Å². The summed E-state index contributed by atoms with van der Waals surface area (Å²) in [5.41, 5.74) is 13.0. The number of para-hydroxylation sites is 2. The zero-order valence-electron chi connectivity index (χ0n) is 29.6. The molecule has 0 unspecified atom stereocenters. The van der Waals surface area contributed by atoms with E-state index in [1.54, 1.807) is 0 Å². The maximum Gasteiger partial charge on any atom is 0.187 e. The molecule has 258 valence electrons. The number of nitriles is 1. The summed E-state index contributed by atoms with van der Waals surface area (Å²) in [5.74, 6) is 0. The molecule has 4 aromatic heterocycles. The summed E-state index contributed by atoms with van der Waals surface area (Å²) in [4.78, 5) is 3.63. The minimum absolute atomic E-state index is 0.606. The molecule has 0 atom stereocenters. The standard InChI is InChI=1S/C50H26N4O2/c1-52-32-14-18-34(19-15-32)54-44-21-13-31(23-38(44)40-25-42-36-7-3-5-9-48(36)56-50(42)27-46(40)54)30-12-20-43-37(22-30)39-24-41-35-6-2-4-8-47(35)55-49(41)26-45(39)53(43)33-16-10-29(28-51)11-17-33/h2-27H. The largest absolute Gasteiger partial charge is 0.456 e. The average Bonchev–Trinajstić information content (AvgIpc) is 3.98. The lowest BCUT2D eigenvalue weighted by atomic mass is 10.00. The van der Waals surface area contributed by atoms with Crippen molar-refractivity contribution in [2.45, 2.75) is 0 Å². The van der Waals surface area contributed by atoms with E-state index in [1.165, 1.54) is 0 Å². The second kappa shape index (κ2) is 11.2. The molecule has 0 aliphatic heterocycles. The normalized spacial score (nSPS) is 11.9. The number of aromatic nitrogens is 2. The van der Waals surface area contributed by atoms with E-state index in [0.717, 1.165) is 110 Å². The van der Waals surface area contributed by atoms with E-state index in [0.29, 0.717) is 11.3 Å². The molecule has 12 aromatic rings. The maximum absolute atomic E-state index is 9.53. The van der Waals surface area contributed by atoms with Crippen LogP contribution in [-0.4, -0.2) is 9.13 Å². The molecule has 8 aromatic carbocycles. The van der Waals surface area contributed by atoms with Crippen molar-refractivity contribution in [2.24, 2.45) is 0 Å². The third-order valence-corrected chi connectivity index (χ3v) is 11.4. The van der Waals surface area contributed by atoms with Crippen LogP contribution in [0.2, 0.25) is 0 Å². The molecule has 0 amide bonds. The van der Waals surface area contributed by atoms with Crippen molar-refractivity contribution in [3.63, 3.8) is 0 Å². The summed E-state index contributed by atoms with van der Waals surface area (Å²) in [7, 11) is 0. The topological polar surface area (TPSA) is 64.3 Å². The van der Waals surface area contributed by atoms with Gasteiger partial charge in [-0.2, -0.15) is 5.26 Å². The molecule has 0 bridgehead atoms. The Morgan fingerprint density at radius 2 is 0.893 bits per heavy atom. The highest BCUT2D eigenvalue weighted by Gasteiger charge is 2.20. The van der Waals surface area contributed by atoms with Crippen molar-refractivity contribution < 1.29 is 8.83 Å². The zero-order chi connectivity index (χ0) is 37.1. The SMILES string of the molecule is [C-]#[N+]c1ccc(-n2c3ccc(-c4ccc5c(c4)c4cc6c(cc4n5-c4ccc(C#N)cc4)oc4ccccc46)cc3c3cc4c(cc32)oc2ccccc24)cc1. The van der Waals surface area contributed by atoms with Gasteiger partial charge in [0.1, 0.15) is 22.3 Å². The van der Waals surface area contributed by atoms with Crippen LogP contribution in [0, 0.1) is 17.9 Å². The number of furan rings is 2. The summed E-state index contributed by atoms with van der Waals surface area (Å²) in [6.07, 6.45) is 0. The molecule has 4 heterocycles. The summed E-state index contributed by atoms with van der Waals surface area (Å²) < 4.78 is 17.3. The number of benzene rings is 8. The van der Waals surface area contributed by atoms with Crippen LogP contribution in [0.25, 0.3) is 115 Å². The minimum atomic E-state index is 0.606. The van der Waals surface area contributed by atoms with Crippen LogP contribution in [0.4, 0.5) is 5.69 Å². The van der Waals surface area contributed by atoms with Crippen molar-refractivity contribution in [3.8, 4) is 28.6 Å². The maximum atomic E-state index is 9.53. The fraction of sp³-hybridized carbons (Fsp3) is 0. The van der Waals surface area contributed by atoms with Crippen LogP contribution in [-0.2, 0) is 0 Å². The Kier molecular flexibility index (Phi) is 6.10. The van der Waals surface area contributed by atoms with Gasteiger partial charge in [-0.15, -0.1) is 0 Å². The minimum Gasteiger partial charge on any atom is -0.456 e. The van der Waals surface area contributed by atoms with Gasteiger partial charge in [-0.05, 0) is 96.1 Å². The molecular formula is C50H26N4O2. The molecule has 0 N–H and O–H groups in total. The van der Waals surface area contributed by atoms with Crippen LogP contribution in [0.1, 0.15) is 5.56 Å². The molecule has 0 spiro atoms. The molecule has 56 heavy (non-hydrogen) atoms. The lowest BCUT2D eigenvalue weighted by molar-refractivity contribution is 0.669. The molecule has 0 aliphatic rings. The highest BCUT2D eigenvalue weighted by atomic mass is 16.3. The van der Waals surface area contributed by atoms with Crippen molar-refractivity contribution in [2.75, 3.05) is 0 Å². The van der Waals surface area contributed by atoms with Crippen molar-refractivity contribution in [1.82, 2.24) is 9.13 Å². The number of nitrogens with zero attached hydrogens (tertiary/aromatic N) is 4. The number of rotatable bonds is 3. The Hall–Kier alpha value is -8.06. The van der Waals surface area contributed by atoms with Gasteiger partial charge in [-0.25, -0.2) is 4.85 Å². The number of fused-ring (bicyclic) bond motifs is 12. The zero-order valence-corrected chi connectivity index (χ0v) is 29.6. The number of hydrogen-bond acceptors (Lipinski definition) is 3. The second-order valence-electron chi connectivity index (χ2n) is 14.3. The van der Waals surface area contributed by atoms with Gasteiger partial charge < -0.3 is 18.0 Å². The van der Waals surface area contributed by atoms with Gasteiger partial charge >= 0.3 is 0 Å². The lowest BCUT2D eigenvalue weighted by Crippen LogP contribution is -1.94. The van der Waals surface area contributed by atoms with Gasteiger partial charge in [0.15, 0.2) is 5.69 Å². The quantitative estimate of drug-likeness (QED) is 0.171. The van der Waals surface area contributed by atoms with Gasteiger partial charge in [0, 0.05) is 66.6 Å². The van der Waals surface area contributed by atoms with E-state index < -0.39 is 0 Å². The highest BCUT2D eigenvalue weighted by Crippen LogP contribution is 2.42. The van der Waals surface area contributed by atoms with E-state index >= 15 is 0 Å². The van der Waals surface area contributed by atoms with E-state index in [-0.39, 0.29) is 0 Å². The average molecular weight is 715 g/mol. The van der Waals surface area contributed by atoms with Gasteiger partial charge in [0.25, 0.3) is 0 Å². The van der Waals surface area contributed by atoms with Crippen LogP contribution < -0.4 is 0 Å². The molecule has 0 saturated carbocycles. The first-order valence-electron chi connectivity index (χ1n) is 18.4. The molecular weight excluding hydrogens is 689 g/mol. The molecule has 0 radical (unpaired) electrons. The first-order chi connectivity index (χ1) is 27.6. The van der Waals surface area contributed by atoms with Gasteiger partial charge in [-0.1, -0.05) is 60.7 Å². The summed E-state index contributed by atoms with van der Waals surface area (Å²) in [6.45, 7) is 7.50.